The molecule has 3 N–H and O–H groups in total. The summed E-state index contributed by atoms with van der Waals surface area (Å²) < 4.78 is 15.1. The molecule has 134 valence electrons. The van der Waals surface area contributed by atoms with E-state index in [0.29, 0.717) is 24.0 Å². The fourth-order valence-electron chi connectivity index (χ4n) is 2.74. The molecule has 0 radical (unpaired) electrons. The monoisotopic (exact) mass is 371 g/mol. The molecule has 1 unspecified atom stereocenters. The number of halogens is 1. The predicted molar refractivity (Wildman–Crippen MR) is 97.7 cm³/mol. The Morgan fingerprint density at radius 1 is 1.38 bits per heavy atom. The molecular weight excluding hydrogens is 353 g/mol. The number of carbonyl (C=O) groups excluding carboxylic acids is 1. The van der Waals surface area contributed by atoms with Gasteiger partial charge in [-0.05, 0) is 48.4 Å². The van der Waals surface area contributed by atoms with Crippen LogP contribution < -0.4 is 11.1 Å². The van der Waals surface area contributed by atoms with Gasteiger partial charge in [-0.3, -0.25) is 4.79 Å². The zero-order chi connectivity index (χ0) is 18.1. The molecule has 1 fully saturated rings. The van der Waals surface area contributed by atoms with Crippen LogP contribution in [0, 0.1) is 11.7 Å². The van der Waals surface area contributed by atoms with Crippen molar-refractivity contribution in [2.24, 2.45) is 11.7 Å². The van der Waals surface area contributed by atoms with E-state index in [1.54, 1.807) is 12.1 Å². The Hall–Kier alpha value is -2.58. The van der Waals surface area contributed by atoms with Crippen LogP contribution in [0.3, 0.4) is 0 Å². The summed E-state index contributed by atoms with van der Waals surface area (Å²) in [4.78, 5) is 17.7. The van der Waals surface area contributed by atoms with Crippen molar-refractivity contribution in [2.45, 2.75) is 18.9 Å². The number of carbonyl (C=O) groups is 1. The zero-order valence-corrected chi connectivity index (χ0v) is 14.7. The van der Waals surface area contributed by atoms with Gasteiger partial charge in [-0.25, -0.2) is 14.1 Å². The minimum atomic E-state index is -0.381. The largest absolute Gasteiger partial charge is 0.348 e. The molecule has 0 bridgehead atoms. The summed E-state index contributed by atoms with van der Waals surface area (Å²) in [6.07, 6.45) is 2.23. The number of nitrogens with two attached hydrogens (primary N) is 1. The Labute approximate surface area is 153 Å². The molecule has 1 amide bonds. The van der Waals surface area contributed by atoms with Crippen molar-refractivity contribution < 1.29 is 9.18 Å². The summed E-state index contributed by atoms with van der Waals surface area (Å²) in [6.45, 7) is 0.395. The highest BCUT2D eigenvalue weighted by Crippen LogP contribution is 2.31. The lowest BCUT2D eigenvalue weighted by Crippen LogP contribution is -2.38. The van der Waals surface area contributed by atoms with Gasteiger partial charge in [0.05, 0.1) is 10.6 Å². The van der Waals surface area contributed by atoms with Gasteiger partial charge in [-0.2, -0.15) is 0 Å². The maximum Gasteiger partial charge on any atom is 0.291 e. The number of hydrogen-bond donors (Lipinski definition) is 2. The molecule has 1 aliphatic carbocycles. The van der Waals surface area contributed by atoms with Crippen LogP contribution in [0.25, 0.3) is 16.4 Å². The van der Waals surface area contributed by atoms with Crippen molar-refractivity contribution in [3.05, 3.63) is 53.4 Å². The lowest BCUT2D eigenvalue weighted by molar-refractivity contribution is 0.0940. The van der Waals surface area contributed by atoms with E-state index in [0.717, 1.165) is 17.7 Å². The molecule has 1 aliphatic rings. The number of thiophene rings is 1. The SMILES string of the molecule is NC(CNC(=O)c1nc(-c2cccs2)n(-c2cccc(F)c2)n1)C1CC1. The van der Waals surface area contributed by atoms with Crippen LogP contribution in [-0.4, -0.2) is 33.3 Å². The van der Waals surface area contributed by atoms with Gasteiger partial charge < -0.3 is 11.1 Å². The van der Waals surface area contributed by atoms with Crippen LogP contribution in [0.15, 0.2) is 41.8 Å². The molecule has 2 heterocycles. The second kappa shape index (κ2) is 6.97. The molecule has 1 saturated carbocycles. The number of benzene rings is 1. The highest BCUT2D eigenvalue weighted by Gasteiger charge is 2.29. The zero-order valence-electron chi connectivity index (χ0n) is 13.9. The van der Waals surface area contributed by atoms with Gasteiger partial charge in [0.1, 0.15) is 5.82 Å². The molecule has 0 saturated heterocycles. The minimum Gasteiger partial charge on any atom is -0.348 e. The average Bonchev–Trinajstić information content (AvgIpc) is 3.17. The quantitative estimate of drug-likeness (QED) is 0.697. The summed E-state index contributed by atoms with van der Waals surface area (Å²) in [7, 11) is 0. The highest BCUT2D eigenvalue weighted by atomic mass is 32.1. The van der Waals surface area contributed by atoms with Crippen LogP contribution in [0.4, 0.5) is 4.39 Å². The minimum absolute atomic E-state index is 0.0407. The van der Waals surface area contributed by atoms with E-state index in [1.807, 2.05) is 17.5 Å². The molecule has 6 nitrogen and oxygen atoms in total. The standard InChI is InChI=1S/C18H18FN5OS/c19-12-3-1-4-13(9-12)24-17(15-5-2-8-26-15)22-16(23-24)18(25)21-10-14(20)11-6-7-11/h1-5,8-9,11,14H,6-7,10,20H2,(H,21,25). The lowest BCUT2D eigenvalue weighted by Gasteiger charge is -2.09. The van der Waals surface area contributed by atoms with Crippen molar-refractivity contribution in [3.8, 4) is 16.4 Å². The van der Waals surface area contributed by atoms with Crippen molar-refractivity contribution in [3.63, 3.8) is 0 Å². The van der Waals surface area contributed by atoms with Gasteiger partial charge in [0, 0.05) is 12.6 Å². The first kappa shape index (κ1) is 16.9. The highest BCUT2D eigenvalue weighted by molar-refractivity contribution is 7.13. The Bertz CT molecular complexity index is 920. The van der Waals surface area contributed by atoms with Crippen LogP contribution >= 0.6 is 11.3 Å². The molecule has 1 aromatic carbocycles. The molecule has 0 spiro atoms. The summed E-state index contributed by atoms with van der Waals surface area (Å²) in [6, 6.07) is 9.77. The number of rotatable bonds is 6. The van der Waals surface area contributed by atoms with Crippen LogP contribution in [0.1, 0.15) is 23.5 Å². The molecular formula is C18H18FN5OS. The molecule has 1 atom stereocenters. The number of hydrogen-bond acceptors (Lipinski definition) is 5. The maximum absolute atomic E-state index is 13.6. The van der Waals surface area contributed by atoms with Crippen LogP contribution in [0.2, 0.25) is 0 Å². The number of amides is 1. The Kier molecular flexibility index (Phi) is 4.52. The van der Waals surface area contributed by atoms with Crippen molar-refractivity contribution in [1.82, 2.24) is 20.1 Å². The first-order chi connectivity index (χ1) is 12.6. The molecule has 2 aromatic heterocycles. The van der Waals surface area contributed by atoms with E-state index in [1.165, 1.54) is 28.2 Å². The van der Waals surface area contributed by atoms with Crippen molar-refractivity contribution >= 4 is 17.2 Å². The van der Waals surface area contributed by atoms with Gasteiger partial charge in [0.15, 0.2) is 5.82 Å². The van der Waals surface area contributed by atoms with E-state index in [9.17, 15) is 9.18 Å². The van der Waals surface area contributed by atoms with Gasteiger partial charge in [0.25, 0.3) is 5.91 Å². The number of nitrogens with zero attached hydrogens (tertiary/aromatic N) is 3. The normalized spacial score (nSPS) is 15.0. The smallest absolute Gasteiger partial charge is 0.291 e. The van der Waals surface area contributed by atoms with E-state index < -0.39 is 0 Å². The Balaban J connectivity index is 1.63. The predicted octanol–water partition coefficient (Wildman–Crippen LogP) is 2.60. The Morgan fingerprint density at radius 2 is 2.23 bits per heavy atom. The number of aromatic nitrogens is 3. The summed E-state index contributed by atoms with van der Waals surface area (Å²) >= 11 is 1.48. The van der Waals surface area contributed by atoms with Gasteiger partial charge >= 0.3 is 0 Å². The third kappa shape index (κ3) is 3.51. The fourth-order valence-corrected chi connectivity index (χ4v) is 3.44. The van der Waals surface area contributed by atoms with Crippen molar-refractivity contribution in [2.75, 3.05) is 6.54 Å². The second-order valence-electron chi connectivity index (χ2n) is 6.34. The first-order valence-electron chi connectivity index (χ1n) is 8.42. The Morgan fingerprint density at radius 3 is 2.92 bits per heavy atom. The molecule has 26 heavy (non-hydrogen) atoms. The average molecular weight is 371 g/mol. The summed E-state index contributed by atoms with van der Waals surface area (Å²) in [5.41, 5.74) is 6.53. The third-order valence-corrected chi connectivity index (χ3v) is 5.20. The topological polar surface area (TPSA) is 85.8 Å². The number of nitrogens with one attached hydrogen (secondary N) is 1. The van der Waals surface area contributed by atoms with Gasteiger partial charge in [-0.1, -0.05) is 12.1 Å². The van der Waals surface area contributed by atoms with Gasteiger partial charge in [0.2, 0.25) is 5.82 Å². The molecule has 8 heteroatoms. The maximum atomic E-state index is 13.6. The van der Waals surface area contributed by atoms with E-state index in [2.05, 4.69) is 15.4 Å². The van der Waals surface area contributed by atoms with Crippen molar-refractivity contribution in [1.29, 1.82) is 0 Å². The van der Waals surface area contributed by atoms with Crippen LogP contribution in [0.5, 0.6) is 0 Å². The third-order valence-electron chi connectivity index (χ3n) is 4.33. The van der Waals surface area contributed by atoms with Gasteiger partial charge in [-0.15, -0.1) is 16.4 Å². The van der Waals surface area contributed by atoms with E-state index in [4.69, 9.17) is 5.73 Å². The first-order valence-corrected chi connectivity index (χ1v) is 9.30. The van der Waals surface area contributed by atoms with E-state index in [-0.39, 0.29) is 23.6 Å². The molecule has 3 aromatic rings. The summed E-state index contributed by atoms with van der Waals surface area (Å²) in [5, 5.41) is 9.02. The fraction of sp³-hybridized carbons (Fsp3) is 0.278. The molecule has 0 aliphatic heterocycles. The molecule has 4 rings (SSSR count). The lowest BCUT2D eigenvalue weighted by atomic mass is 10.2. The summed E-state index contributed by atoms with van der Waals surface area (Å²) in [5.74, 6) is 0.281. The van der Waals surface area contributed by atoms with Crippen LogP contribution in [-0.2, 0) is 0 Å². The van der Waals surface area contributed by atoms with E-state index >= 15 is 0 Å². The second-order valence-corrected chi connectivity index (χ2v) is 7.29.